The molecule has 4 aromatic rings. The van der Waals surface area contributed by atoms with Gasteiger partial charge in [0, 0.05) is 18.3 Å². The lowest BCUT2D eigenvalue weighted by atomic mass is 9.90. The molecule has 2 atom stereocenters. The van der Waals surface area contributed by atoms with Gasteiger partial charge in [-0.2, -0.15) is 0 Å². The number of amides is 4. The van der Waals surface area contributed by atoms with E-state index in [9.17, 15) is 14.4 Å². The molecule has 4 amide bonds. The number of aromatic nitrogens is 1. The van der Waals surface area contributed by atoms with Crippen molar-refractivity contribution in [2.45, 2.75) is 44.7 Å². The third-order valence-corrected chi connectivity index (χ3v) is 8.83. The van der Waals surface area contributed by atoms with Crippen molar-refractivity contribution in [2.75, 3.05) is 30.9 Å². The maximum atomic E-state index is 13.7. The summed E-state index contributed by atoms with van der Waals surface area (Å²) in [5, 5.41) is 9.95. The van der Waals surface area contributed by atoms with E-state index in [1.54, 1.807) is 17.2 Å². The van der Waals surface area contributed by atoms with Gasteiger partial charge in [0.2, 0.25) is 5.91 Å². The van der Waals surface area contributed by atoms with Crippen LogP contribution in [0.3, 0.4) is 0 Å². The molecule has 6 rings (SSSR count). The van der Waals surface area contributed by atoms with Crippen LogP contribution < -0.4 is 25.6 Å². The monoisotopic (exact) mass is 598 g/mol. The van der Waals surface area contributed by atoms with Crippen molar-refractivity contribution in [1.82, 2.24) is 20.5 Å². The number of para-hydroxylation sites is 1. The zero-order chi connectivity index (χ0) is 30.1. The number of hydrogen-bond donors (Lipinski definition) is 3. The number of thiophene rings is 1. The first-order valence-electron chi connectivity index (χ1n) is 14.4. The molecule has 2 aliphatic rings. The first-order valence-corrected chi connectivity index (χ1v) is 15.2. The number of rotatable bonds is 8. The van der Waals surface area contributed by atoms with Crippen LogP contribution >= 0.6 is 11.3 Å². The first-order chi connectivity index (χ1) is 20.8. The quantitative estimate of drug-likeness (QED) is 0.236. The number of urea groups is 1. The highest BCUT2D eigenvalue weighted by Crippen LogP contribution is 2.46. The number of hydrogen-bond acceptors (Lipinski definition) is 7. The maximum Gasteiger partial charge on any atom is 0.331 e. The Morgan fingerprint density at radius 3 is 2.49 bits per heavy atom. The molecule has 0 bridgehead atoms. The number of benzene rings is 2. The molecule has 1 unspecified atom stereocenters. The van der Waals surface area contributed by atoms with E-state index in [1.807, 2.05) is 74.4 Å². The number of ether oxygens (including phenoxy) is 1. The van der Waals surface area contributed by atoms with Crippen molar-refractivity contribution in [3.05, 3.63) is 71.2 Å². The van der Waals surface area contributed by atoms with Crippen LogP contribution in [0.25, 0.3) is 10.2 Å². The molecule has 1 fully saturated rings. The molecule has 43 heavy (non-hydrogen) atoms. The van der Waals surface area contributed by atoms with E-state index in [-0.39, 0.29) is 36.5 Å². The Balaban J connectivity index is 1.27. The fourth-order valence-electron chi connectivity index (χ4n) is 5.80. The van der Waals surface area contributed by atoms with Crippen molar-refractivity contribution < 1.29 is 19.1 Å². The number of nitrogens with zero attached hydrogens (tertiary/aromatic N) is 3. The smallest absolute Gasteiger partial charge is 0.331 e. The molecule has 1 aliphatic carbocycles. The van der Waals surface area contributed by atoms with Crippen molar-refractivity contribution in [3.8, 4) is 11.5 Å². The predicted molar refractivity (Wildman–Crippen MR) is 169 cm³/mol. The van der Waals surface area contributed by atoms with Crippen LogP contribution in [0, 0.1) is 6.92 Å². The summed E-state index contributed by atoms with van der Waals surface area (Å²) in [7, 11) is 3.70. The van der Waals surface area contributed by atoms with Gasteiger partial charge < -0.3 is 25.6 Å². The average molecular weight is 599 g/mol. The summed E-state index contributed by atoms with van der Waals surface area (Å²) < 4.78 is 5.98. The second-order valence-corrected chi connectivity index (χ2v) is 12.2. The molecule has 11 heteroatoms. The summed E-state index contributed by atoms with van der Waals surface area (Å²) in [4.78, 5) is 48.8. The summed E-state index contributed by atoms with van der Waals surface area (Å²) in [6, 6.07) is 16.2. The molecule has 2 aromatic carbocycles. The summed E-state index contributed by atoms with van der Waals surface area (Å²) in [6.45, 7) is 2.22. The van der Waals surface area contributed by atoms with Crippen LogP contribution in [-0.2, 0) is 4.79 Å². The van der Waals surface area contributed by atoms with Gasteiger partial charge in [-0.15, -0.1) is 11.3 Å². The molecule has 1 saturated carbocycles. The van der Waals surface area contributed by atoms with E-state index < -0.39 is 0 Å². The zero-order valence-electron chi connectivity index (χ0n) is 24.3. The van der Waals surface area contributed by atoms with E-state index in [4.69, 9.17) is 4.74 Å². The number of pyridine rings is 1. The lowest BCUT2D eigenvalue weighted by Gasteiger charge is -2.33. The first kappa shape index (κ1) is 28.6. The van der Waals surface area contributed by atoms with Gasteiger partial charge in [-0.05, 0) is 75.8 Å². The van der Waals surface area contributed by atoms with Crippen LogP contribution in [0.15, 0.2) is 60.8 Å². The predicted octanol–water partition coefficient (Wildman–Crippen LogP) is 5.80. The van der Waals surface area contributed by atoms with Crippen LogP contribution in [-0.4, -0.2) is 60.5 Å². The summed E-state index contributed by atoms with van der Waals surface area (Å²) in [5.41, 5.74) is 2.68. The Kier molecular flexibility index (Phi) is 8.00. The second kappa shape index (κ2) is 12.0. The molecule has 1 aliphatic heterocycles. The molecular formula is C32H34N6O4S. The van der Waals surface area contributed by atoms with Crippen LogP contribution in [0.5, 0.6) is 11.5 Å². The van der Waals surface area contributed by atoms with Gasteiger partial charge in [-0.3, -0.25) is 14.5 Å². The van der Waals surface area contributed by atoms with E-state index in [0.717, 1.165) is 42.4 Å². The second-order valence-electron chi connectivity index (χ2n) is 11.2. The Labute approximate surface area is 254 Å². The highest BCUT2D eigenvalue weighted by atomic mass is 32.1. The molecule has 3 N–H and O–H groups in total. The number of carbonyl (C=O) groups excluding carboxylic acids is 3. The third-order valence-electron chi connectivity index (χ3n) is 7.73. The number of nitrogens with one attached hydrogen (secondary N) is 3. The normalized spacial score (nSPS) is 18.0. The van der Waals surface area contributed by atoms with E-state index in [0.29, 0.717) is 32.5 Å². The Morgan fingerprint density at radius 2 is 1.77 bits per heavy atom. The van der Waals surface area contributed by atoms with Crippen LogP contribution in [0.4, 0.5) is 21.9 Å². The van der Waals surface area contributed by atoms with Crippen molar-refractivity contribution >= 4 is 56.5 Å². The summed E-state index contributed by atoms with van der Waals surface area (Å²) >= 11 is 1.25. The number of carbonyl (C=O) groups is 3. The molecule has 3 heterocycles. The SMILES string of the molecule is Cc1cc(Oc2ccccc2)ccc1N1C(=O)Nc2c(C(=O)N[C@@H]3CCCCC3NC(=O)CN(C)C)sc3nccc1c23. The van der Waals surface area contributed by atoms with E-state index >= 15 is 0 Å². The van der Waals surface area contributed by atoms with Crippen molar-refractivity contribution in [1.29, 1.82) is 0 Å². The zero-order valence-corrected chi connectivity index (χ0v) is 25.2. The van der Waals surface area contributed by atoms with Crippen LogP contribution in [0.1, 0.15) is 40.9 Å². The van der Waals surface area contributed by atoms with Crippen LogP contribution in [0.2, 0.25) is 0 Å². The lowest BCUT2D eigenvalue weighted by molar-refractivity contribution is -0.122. The van der Waals surface area contributed by atoms with Crippen molar-refractivity contribution in [2.24, 2.45) is 0 Å². The molecule has 0 spiro atoms. The molecule has 10 nitrogen and oxygen atoms in total. The Bertz CT molecular complexity index is 1690. The summed E-state index contributed by atoms with van der Waals surface area (Å²) in [6.07, 6.45) is 5.19. The van der Waals surface area contributed by atoms with Gasteiger partial charge in [0.25, 0.3) is 5.91 Å². The molecular weight excluding hydrogens is 564 g/mol. The largest absolute Gasteiger partial charge is 0.457 e. The number of anilines is 3. The molecule has 222 valence electrons. The minimum absolute atomic E-state index is 0.0655. The third kappa shape index (κ3) is 5.91. The fraction of sp³-hybridized carbons (Fsp3) is 0.312. The Morgan fingerprint density at radius 1 is 1.02 bits per heavy atom. The minimum Gasteiger partial charge on any atom is -0.457 e. The number of likely N-dealkylation sites (N-methyl/N-ethyl adjacent to an activating group) is 1. The Hall–Kier alpha value is -4.48. The summed E-state index contributed by atoms with van der Waals surface area (Å²) in [5.74, 6) is 1.04. The molecule has 0 radical (unpaired) electrons. The van der Waals surface area contributed by atoms with Gasteiger partial charge >= 0.3 is 6.03 Å². The van der Waals surface area contributed by atoms with Gasteiger partial charge in [0.15, 0.2) is 0 Å². The fourth-order valence-corrected chi connectivity index (χ4v) is 6.82. The van der Waals surface area contributed by atoms with E-state index in [2.05, 4.69) is 20.9 Å². The van der Waals surface area contributed by atoms with Gasteiger partial charge in [0.05, 0.1) is 29.0 Å². The average Bonchev–Trinajstić information content (AvgIpc) is 3.34. The molecule has 2 aromatic heterocycles. The lowest BCUT2D eigenvalue weighted by Crippen LogP contribution is -2.54. The minimum atomic E-state index is -0.362. The van der Waals surface area contributed by atoms with E-state index in [1.165, 1.54) is 11.3 Å². The highest BCUT2D eigenvalue weighted by Gasteiger charge is 2.35. The van der Waals surface area contributed by atoms with Crippen molar-refractivity contribution in [3.63, 3.8) is 0 Å². The number of aryl methyl sites for hydroxylation is 1. The highest BCUT2D eigenvalue weighted by molar-refractivity contribution is 7.21. The molecule has 0 saturated heterocycles. The van der Waals surface area contributed by atoms with Gasteiger partial charge in [-0.1, -0.05) is 31.0 Å². The topological polar surface area (TPSA) is 116 Å². The van der Waals surface area contributed by atoms with Gasteiger partial charge in [0.1, 0.15) is 21.2 Å². The maximum absolute atomic E-state index is 13.7. The standard InChI is InChI=1S/C32H34N6O4S/c1-19-17-21(42-20-9-5-4-6-10-20)13-14-24(19)38-25-15-16-33-31-27(25)28(36-32(38)41)29(43-31)30(40)35-23-12-8-7-11-22(23)34-26(39)18-37(2)3/h4-6,9-10,13-17,22-23H,7-8,11-12,18H2,1-3H3,(H,34,39)(H,35,40)(H,36,41)/t22?,23-/m1/s1. The van der Waals surface area contributed by atoms with Gasteiger partial charge in [-0.25, -0.2) is 9.78 Å².